The summed E-state index contributed by atoms with van der Waals surface area (Å²) in [6, 6.07) is 4.69. The zero-order chi connectivity index (χ0) is 13.8. The van der Waals surface area contributed by atoms with Gasteiger partial charge in [0.15, 0.2) is 0 Å². The van der Waals surface area contributed by atoms with Crippen molar-refractivity contribution in [3.8, 4) is 12.3 Å². The van der Waals surface area contributed by atoms with E-state index in [2.05, 4.69) is 0 Å². The number of rotatable bonds is 5. The van der Waals surface area contributed by atoms with Crippen LogP contribution in [0, 0.1) is 18.2 Å². The van der Waals surface area contributed by atoms with Crippen LogP contribution in [-0.2, 0) is 14.8 Å². The first kappa shape index (κ1) is 14.2. The minimum absolute atomic E-state index is 0.442. The maximum atomic E-state index is 13.4. The van der Waals surface area contributed by atoms with Gasteiger partial charge >= 0.3 is 5.97 Å². The van der Waals surface area contributed by atoms with Crippen LogP contribution < -0.4 is 0 Å². The summed E-state index contributed by atoms with van der Waals surface area (Å²) in [4.78, 5) is 9.98. The van der Waals surface area contributed by atoms with Gasteiger partial charge in [-0.15, -0.1) is 6.42 Å². The standard InChI is InChI=1S/C11H10FNO4S/c1-2-7-13(8-11(14)15)18(16,17)10-6-4-3-5-9(10)12/h1,3-6H,7-8H2,(H,14,15). The zero-order valence-corrected chi connectivity index (χ0v) is 10.0. The number of hydrogen-bond acceptors (Lipinski definition) is 3. The number of carboxylic acid groups (broad SMARTS) is 1. The summed E-state index contributed by atoms with van der Waals surface area (Å²) in [6.07, 6.45) is 4.98. The predicted molar refractivity (Wildman–Crippen MR) is 61.6 cm³/mol. The normalized spacial score (nSPS) is 11.2. The van der Waals surface area contributed by atoms with Gasteiger partial charge in [-0.1, -0.05) is 18.1 Å². The molecule has 0 aromatic heterocycles. The fraction of sp³-hybridized carbons (Fsp3) is 0.182. The number of sulfonamides is 1. The molecule has 0 atom stereocenters. The second-order valence-corrected chi connectivity index (χ2v) is 5.21. The van der Waals surface area contributed by atoms with Gasteiger partial charge in [0.2, 0.25) is 10.0 Å². The van der Waals surface area contributed by atoms with Crippen molar-refractivity contribution in [2.75, 3.05) is 13.1 Å². The van der Waals surface area contributed by atoms with Gasteiger partial charge in [0, 0.05) is 0 Å². The Bertz CT molecular complexity index is 591. The lowest BCUT2D eigenvalue weighted by Crippen LogP contribution is -2.36. The molecule has 1 N–H and O–H groups in total. The molecule has 0 saturated carbocycles. The summed E-state index contributed by atoms with van der Waals surface area (Å²) in [7, 11) is -4.25. The van der Waals surface area contributed by atoms with E-state index in [4.69, 9.17) is 11.5 Å². The van der Waals surface area contributed by atoms with E-state index in [1.54, 1.807) is 0 Å². The summed E-state index contributed by atoms with van der Waals surface area (Å²) in [5.74, 6) is -0.295. The third-order valence-electron chi connectivity index (χ3n) is 2.03. The smallest absolute Gasteiger partial charge is 0.318 e. The Balaban J connectivity index is 3.22. The lowest BCUT2D eigenvalue weighted by molar-refractivity contribution is -0.137. The van der Waals surface area contributed by atoms with Crippen LogP contribution in [0.15, 0.2) is 29.2 Å². The van der Waals surface area contributed by atoms with Crippen molar-refractivity contribution in [2.24, 2.45) is 0 Å². The number of benzene rings is 1. The maximum absolute atomic E-state index is 13.4. The molecular weight excluding hydrogens is 261 g/mol. The summed E-state index contributed by atoms with van der Waals surface area (Å²) in [5, 5.41) is 8.62. The Labute approximate surface area is 104 Å². The first-order chi connectivity index (χ1) is 8.39. The van der Waals surface area contributed by atoms with Crippen LogP contribution in [-0.4, -0.2) is 36.9 Å². The number of nitrogens with zero attached hydrogens (tertiary/aromatic N) is 1. The summed E-state index contributed by atoms with van der Waals surface area (Å²) < 4.78 is 38.0. The molecule has 0 heterocycles. The van der Waals surface area contributed by atoms with Crippen LogP contribution in [0.4, 0.5) is 4.39 Å². The van der Waals surface area contributed by atoms with Gasteiger partial charge in [0.25, 0.3) is 0 Å². The molecule has 1 aromatic carbocycles. The highest BCUT2D eigenvalue weighted by Crippen LogP contribution is 2.18. The van der Waals surface area contributed by atoms with E-state index in [0.29, 0.717) is 4.31 Å². The predicted octanol–water partition coefficient (Wildman–Crippen LogP) is 0.534. The third-order valence-corrected chi connectivity index (χ3v) is 3.86. The molecule has 0 radical (unpaired) electrons. The summed E-state index contributed by atoms with van der Waals surface area (Å²) >= 11 is 0. The van der Waals surface area contributed by atoms with Crippen molar-refractivity contribution in [1.29, 1.82) is 0 Å². The monoisotopic (exact) mass is 271 g/mol. The van der Waals surface area contributed by atoms with Crippen molar-refractivity contribution < 1.29 is 22.7 Å². The molecule has 0 aliphatic heterocycles. The Morgan fingerprint density at radius 1 is 1.44 bits per heavy atom. The molecular formula is C11H10FNO4S. The van der Waals surface area contributed by atoms with Gasteiger partial charge in [0.05, 0.1) is 6.54 Å². The fourth-order valence-electron chi connectivity index (χ4n) is 1.27. The molecule has 0 aliphatic rings. The van der Waals surface area contributed by atoms with Gasteiger partial charge < -0.3 is 5.11 Å². The van der Waals surface area contributed by atoms with Gasteiger partial charge in [-0.2, -0.15) is 4.31 Å². The lowest BCUT2D eigenvalue weighted by atomic mass is 10.4. The molecule has 96 valence electrons. The second kappa shape index (κ2) is 5.62. The molecule has 18 heavy (non-hydrogen) atoms. The second-order valence-electron chi connectivity index (χ2n) is 3.30. The number of carboxylic acids is 1. The van der Waals surface area contributed by atoms with E-state index in [1.165, 1.54) is 12.1 Å². The highest BCUT2D eigenvalue weighted by atomic mass is 32.2. The number of terminal acetylenes is 1. The largest absolute Gasteiger partial charge is 0.480 e. The highest BCUT2D eigenvalue weighted by Gasteiger charge is 2.28. The molecule has 7 heteroatoms. The van der Waals surface area contributed by atoms with Crippen molar-refractivity contribution >= 4 is 16.0 Å². The zero-order valence-electron chi connectivity index (χ0n) is 9.21. The van der Waals surface area contributed by atoms with Crippen molar-refractivity contribution in [3.05, 3.63) is 30.1 Å². The quantitative estimate of drug-likeness (QED) is 0.793. The van der Waals surface area contributed by atoms with Crippen molar-refractivity contribution in [1.82, 2.24) is 4.31 Å². The average molecular weight is 271 g/mol. The average Bonchev–Trinajstić information content (AvgIpc) is 2.28. The summed E-state index contributed by atoms with van der Waals surface area (Å²) in [6.45, 7) is -1.26. The molecule has 0 unspecified atom stereocenters. The maximum Gasteiger partial charge on any atom is 0.318 e. The van der Waals surface area contributed by atoms with Gasteiger partial charge in [-0.25, -0.2) is 12.8 Å². The molecule has 1 rings (SSSR count). The first-order valence-electron chi connectivity index (χ1n) is 4.79. The molecule has 0 fully saturated rings. The Kier molecular flexibility index (Phi) is 4.42. The molecule has 1 aromatic rings. The molecule has 0 amide bonds. The number of halogens is 1. The van der Waals surface area contributed by atoms with Crippen molar-refractivity contribution in [3.63, 3.8) is 0 Å². The Hall–Kier alpha value is -1.91. The molecule has 0 bridgehead atoms. The highest BCUT2D eigenvalue weighted by molar-refractivity contribution is 7.89. The number of hydrogen-bond donors (Lipinski definition) is 1. The van der Waals surface area contributed by atoms with E-state index in [0.717, 1.165) is 12.1 Å². The topological polar surface area (TPSA) is 74.7 Å². The summed E-state index contributed by atoms with van der Waals surface area (Å²) in [5.41, 5.74) is 0. The van der Waals surface area contributed by atoms with Crippen LogP contribution in [0.25, 0.3) is 0 Å². The molecule has 0 saturated heterocycles. The van der Waals surface area contributed by atoms with Crippen molar-refractivity contribution in [2.45, 2.75) is 4.90 Å². The fourth-order valence-corrected chi connectivity index (χ4v) is 2.64. The SMILES string of the molecule is C#CCN(CC(=O)O)S(=O)(=O)c1ccccc1F. The van der Waals surface area contributed by atoms with Crippen LogP contribution in [0.5, 0.6) is 0 Å². The lowest BCUT2D eigenvalue weighted by Gasteiger charge is -2.17. The Morgan fingerprint density at radius 2 is 2.06 bits per heavy atom. The van der Waals surface area contributed by atoms with Gasteiger partial charge in [-0.3, -0.25) is 4.79 Å². The van der Waals surface area contributed by atoms with Crippen LogP contribution in [0.3, 0.4) is 0 Å². The van der Waals surface area contributed by atoms with Gasteiger partial charge in [-0.05, 0) is 12.1 Å². The van der Waals surface area contributed by atoms with Gasteiger partial charge in [0.1, 0.15) is 17.3 Å². The molecule has 0 aliphatic carbocycles. The van der Waals surface area contributed by atoms with Crippen LogP contribution in [0.1, 0.15) is 0 Å². The number of carbonyl (C=O) groups is 1. The Morgan fingerprint density at radius 3 is 2.56 bits per heavy atom. The van der Waals surface area contributed by atoms with E-state index in [-0.39, 0.29) is 0 Å². The molecule has 5 nitrogen and oxygen atoms in total. The number of aliphatic carboxylic acids is 1. The minimum atomic E-state index is -4.25. The van der Waals surface area contributed by atoms with E-state index < -0.39 is 39.8 Å². The van der Waals surface area contributed by atoms with Crippen LogP contribution >= 0.6 is 0 Å². The molecule has 0 spiro atoms. The van der Waals surface area contributed by atoms with E-state index in [9.17, 15) is 17.6 Å². The third kappa shape index (κ3) is 3.06. The van der Waals surface area contributed by atoms with E-state index in [1.807, 2.05) is 5.92 Å². The van der Waals surface area contributed by atoms with E-state index >= 15 is 0 Å². The minimum Gasteiger partial charge on any atom is -0.480 e. The van der Waals surface area contributed by atoms with Crippen LogP contribution in [0.2, 0.25) is 0 Å². The first-order valence-corrected chi connectivity index (χ1v) is 6.23.